The van der Waals surface area contributed by atoms with Crippen molar-refractivity contribution in [2.24, 2.45) is 0 Å². The Kier molecular flexibility index (Phi) is 6.50. The van der Waals surface area contributed by atoms with Gasteiger partial charge in [-0.1, -0.05) is 0 Å². The maximum atomic E-state index is 12.4. The molecule has 0 bridgehead atoms. The molecule has 1 rings (SSSR count). The molecular weight excluding hydrogens is 332 g/mol. The van der Waals surface area contributed by atoms with Crippen molar-refractivity contribution in [1.29, 1.82) is 0 Å². The van der Waals surface area contributed by atoms with Crippen LogP contribution >= 0.6 is 0 Å². The molecule has 134 valence electrons. The van der Waals surface area contributed by atoms with Crippen LogP contribution in [0.1, 0.15) is 38.1 Å². The first-order valence-corrected chi connectivity index (χ1v) is 9.03. The topological polar surface area (TPSA) is 95.0 Å². The number of benzene rings is 1. The maximum Gasteiger partial charge on any atom is 0.323 e. The Labute approximate surface area is 142 Å². The second kappa shape index (κ2) is 7.76. The van der Waals surface area contributed by atoms with Crippen LogP contribution in [0.4, 0.5) is 0 Å². The van der Waals surface area contributed by atoms with Gasteiger partial charge in [-0.05, 0) is 52.0 Å². The van der Waals surface area contributed by atoms with E-state index in [1.54, 1.807) is 27.7 Å². The Morgan fingerprint density at radius 2 is 1.54 bits per heavy atom. The summed E-state index contributed by atoms with van der Waals surface area (Å²) in [5.74, 6) is -1.55. The van der Waals surface area contributed by atoms with Gasteiger partial charge in [0.1, 0.15) is 6.54 Å². The summed E-state index contributed by atoms with van der Waals surface area (Å²) in [6, 6.07) is 5.05. The van der Waals surface area contributed by atoms with Gasteiger partial charge < -0.3 is 10.0 Å². The van der Waals surface area contributed by atoms with E-state index in [-0.39, 0.29) is 22.5 Å². The molecule has 0 aliphatic carbocycles. The Morgan fingerprint density at radius 3 is 1.92 bits per heavy atom. The van der Waals surface area contributed by atoms with Crippen molar-refractivity contribution < 1.29 is 23.1 Å². The molecule has 0 aliphatic heterocycles. The molecule has 0 saturated heterocycles. The normalized spacial score (nSPS) is 12.0. The number of nitrogens with zero attached hydrogens (tertiary/aromatic N) is 2. The maximum absolute atomic E-state index is 12.4. The SMILES string of the molecule is CC(C)N(CC(=O)O)C(=O)c1ccc(S(=O)(=O)N(C)C(C)C)cc1. The number of aliphatic carboxylic acids is 1. The van der Waals surface area contributed by atoms with Gasteiger partial charge in [-0.25, -0.2) is 8.42 Å². The van der Waals surface area contributed by atoms with E-state index in [9.17, 15) is 18.0 Å². The number of amides is 1. The zero-order chi connectivity index (χ0) is 18.7. The molecule has 0 aliphatic rings. The second-order valence-corrected chi connectivity index (χ2v) is 8.06. The summed E-state index contributed by atoms with van der Waals surface area (Å²) >= 11 is 0. The summed E-state index contributed by atoms with van der Waals surface area (Å²) in [5.41, 5.74) is 0.246. The summed E-state index contributed by atoms with van der Waals surface area (Å²) in [5, 5.41) is 8.91. The number of rotatable bonds is 7. The highest BCUT2D eigenvalue weighted by molar-refractivity contribution is 7.89. The molecule has 7 nitrogen and oxygen atoms in total. The molecule has 0 unspecified atom stereocenters. The van der Waals surface area contributed by atoms with E-state index in [1.165, 1.54) is 40.5 Å². The quantitative estimate of drug-likeness (QED) is 0.801. The lowest BCUT2D eigenvalue weighted by molar-refractivity contribution is -0.138. The van der Waals surface area contributed by atoms with Crippen molar-refractivity contribution in [2.45, 2.75) is 44.7 Å². The highest BCUT2D eigenvalue weighted by atomic mass is 32.2. The monoisotopic (exact) mass is 356 g/mol. The third-order valence-electron chi connectivity index (χ3n) is 3.70. The highest BCUT2D eigenvalue weighted by Crippen LogP contribution is 2.18. The third-order valence-corrected chi connectivity index (χ3v) is 5.74. The number of carboxylic acid groups (broad SMARTS) is 1. The van der Waals surface area contributed by atoms with Gasteiger partial charge >= 0.3 is 5.97 Å². The lowest BCUT2D eigenvalue weighted by atomic mass is 10.1. The van der Waals surface area contributed by atoms with E-state index in [0.717, 1.165) is 0 Å². The Morgan fingerprint density at radius 1 is 1.04 bits per heavy atom. The fourth-order valence-corrected chi connectivity index (χ4v) is 3.38. The molecule has 0 saturated carbocycles. The predicted octanol–water partition coefficient (Wildman–Crippen LogP) is 1.65. The van der Waals surface area contributed by atoms with Gasteiger partial charge in [0.15, 0.2) is 0 Å². The van der Waals surface area contributed by atoms with E-state index in [2.05, 4.69) is 0 Å². The molecular formula is C16H24N2O5S. The molecule has 8 heteroatoms. The minimum atomic E-state index is -3.62. The Hall–Kier alpha value is -1.93. The third kappa shape index (κ3) is 4.55. The lowest BCUT2D eigenvalue weighted by Gasteiger charge is -2.25. The molecule has 1 amide bonds. The van der Waals surface area contributed by atoms with Crippen LogP contribution in [-0.2, 0) is 14.8 Å². The summed E-state index contributed by atoms with van der Waals surface area (Å²) in [6.45, 7) is 6.56. The van der Waals surface area contributed by atoms with Gasteiger partial charge in [0.25, 0.3) is 5.91 Å². The number of hydrogen-bond donors (Lipinski definition) is 1. The molecule has 0 aromatic heterocycles. The average molecular weight is 356 g/mol. The fraction of sp³-hybridized carbons (Fsp3) is 0.500. The molecule has 0 heterocycles. The number of sulfonamides is 1. The summed E-state index contributed by atoms with van der Waals surface area (Å²) in [4.78, 5) is 24.6. The van der Waals surface area contributed by atoms with Gasteiger partial charge in [0.2, 0.25) is 10.0 Å². The van der Waals surface area contributed by atoms with Crippen LogP contribution in [0.25, 0.3) is 0 Å². The van der Waals surface area contributed by atoms with Crippen LogP contribution < -0.4 is 0 Å². The van der Waals surface area contributed by atoms with Crippen molar-refractivity contribution in [2.75, 3.05) is 13.6 Å². The zero-order valence-corrected chi connectivity index (χ0v) is 15.4. The molecule has 1 aromatic carbocycles. The molecule has 0 fully saturated rings. The smallest absolute Gasteiger partial charge is 0.323 e. The van der Waals surface area contributed by atoms with Crippen molar-refractivity contribution >= 4 is 21.9 Å². The highest BCUT2D eigenvalue weighted by Gasteiger charge is 2.25. The number of carbonyl (C=O) groups is 2. The van der Waals surface area contributed by atoms with Crippen LogP contribution in [0.15, 0.2) is 29.2 Å². The predicted molar refractivity (Wildman–Crippen MR) is 90.3 cm³/mol. The van der Waals surface area contributed by atoms with E-state index < -0.39 is 28.4 Å². The van der Waals surface area contributed by atoms with E-state index in [1.807, 2.05) is 0 Å². The van der Waals surface area contributed by atoms with Gasteiger partial charge in [0.05, 0.1) is 4.90 Å². The molecule has 1 N–H and O–H groups in total. The first-order valence-electron chi connectivity index (χ1n) is 7.59. The Bertz CT molecular complexity index is 696. The largest absolute Gasteiger partial charge is 0.480 e. The van der Waals surface area contributed by atoms with Crippen molar-refractivity contribution in [3.8, 4) is 0 Å². The van der Waals surface area contributed by atoms with Gasteiger partial charge in [-0.2, -0.15) is 4.31 Å². The number of carbonyl (C=O) groups excluding carboxylic acids is 1. The number of carboxylic acids is 1. The summed E-state index contributed by atoms with van der Waals surface area (Å²) in [7, 11) is -2.13. The molecule has 0 atom stereocenters. The van der Waals surface area contributed by atoms with E-state index in [4.69, 9.17) is 5.11 Å². The van der Waals surface area contributed by atoms with E-state index in [0.29, 0.717) is 0 Å². The second-order valence-electron chi connectivity index (χ2n) is 6.06. The van der Waals surface area contributed by atoms with E-state index >= 15 is 0 Å². The minimum Gasteiger partial charge on any atom is -0.480 e. The summed E-state index contributed by atoms with van der Waals surface area (Å²) < 4.78 is 26.0. The summed E-state index contributed by atoms with van der Waals surface area (Å²) in [6.07, 6.45) is 0. The zero-order valence-electron chi connectivity index (χ0n) is 14.6. The standard InChI is InChI=1S/C16H24N2O5S/c1-11(2)17(5)24(22,23)14-8-6-13(7-9-14)16(21)18(12(3)4)10-15(19)20/h6-9,11-12H,10H2,1-5H3,(H,19,20). The molecule has 0 spiro atoms. The first kappa shape index (κ1) is 20.1. The van der Waals surface area contributed by atoms with Crippen LogP contribution in [0.3, 0.4) is 0 Å². The lowest BCUT2D eigenvalue weighted by Crippen LogP contribution is -2.40. The van der Waals surface area contributed by atoms with Crippen LogP contribution in [0.2, 0.25) is 0 Å². The molecule has 1 aromatic rings. The molecule has 0 radical (unpaired) electrons. The molecule has 24 heavy (non-hydrogen) atoms. The van der Waals surface area contributed by atoms with Gasteiger partial charge in [0, 0.05) is 24.7 Å². The number of hydrogen-bond acceptors (Lipinski definition) is 4. The van der Waals surface area contributed by atoms with Crippen LogP contribution in [0, 0.1) is 0 Å². The minimum absolute atomic E-state index is 0.0876. The first-order chi connectivity index (χ1) is 11.0. The van der Waals surface area contributed by atoms with Gasteiger partial charge in [-0.15, -0.1) is 0 Å². The van der Waals surface area contributed by atoms with Crippen molar-refractivity contribution in [1.82, 2.24) is 9.21 Å². The van der Waals surface area contributed by atoms with Crippen molar-refractivity contribution in [3.63, 3.8) is 0 Å². The Balaban J connectivity index is 3.10. The van der Waals surface area contributed by atoms with Crippen LogP contribution in [-0.4, -0.2) is 60.3 Å². The average Bonchev–Trinajstić information content (AvgIpc) is 2.50. The van der Waals surface area contributed by atoms with Gasteiger partial charge in [-0.3, -0.25) is 9.59 Å². The van der Waals surface area contributed by atoms with Crippen LogP contribution in [0.5, 0.6) is 0 Å². The van der Waals surface area contributed by atoms with Crippen molar-refractivity contribution in [3.05, 3.63) is 29.8 Å². The fourth-order valence-electron chi connectivity index (χ4n) is 2.01.